The van der Waals surface area contributed by atoms with Crippen LogP contribution in [0.2, 0.25) is 10.0 Å². The summed E-state index contributed by atoms with van der Waals surface area (Å²) in [4.78, 5) is 28.8. The Labute approximate surface area is 236 Å². The number of carbonyl (C=O) groups is 2. The second-order valence-electron chi connectivity index (χ2n) is 10.1. The highest BCUT2D eigenvalue weighted by molar-refractivity contribution is 7.92. The summed E-state index contributed by atoms with van der Waals surface area (Å²) in [5, 5.41) is 3.85. The molecule has 1 saturated carbocycles. The zero-order chi connectivity index (χ0) is 28.0. The normalized spacial score (nSPS) is 15.1. The number of amides is 2. The van der Waals surface area contributed by atoms with E-state index in [0.29, 0.717) is 27.7 Å². The monoisotopic (exact) mass is 581 g/mol. The van der Waals surface area contributed by atoms with Crippen LogP contribution in [0.3, 0.4) is 0 Å². The molecule has 3 rings (SSSR count). The van der Waals surface area contributed by atoms with Gasteiger partial charge in [-0.05, 0) is 68.0 Å². The van der Waals surface area contributed by atoms with E-state index in [1.54, 1.807) is 31.2 Å². The topological polar surface area (TPSA) is 86.8 Å². The molecule has 0 aromatic heterocycles. The van der Waals surface area contributed by atoms with Gasteiger partial charge in [-0.15, -0.1) is 0 Å². The van der Waals surface area contributed by atoms with Gasteiger partial charge in [-0.25, -0.2) is 8.42 Å². The predicted octanol–water partition coefficient (Wildman–Crippen LogP) is 5.63. The van der Waals surface area contributed by atoms with Gasteiger partial charge in [-0.1, -0.05) is 67.6 Å². The fourth-order valence-corrected chi connectivity index (χ4v) is 6.10. The van der Waals surface area contributed by atoms with Gasteiger partial charge in [0.25, 0.3) is 0 Å². The lowest BCUT2D eigenvalue weighted by Crippen LogP contribution is -2.54. The van der Waals surface area contributed by atoms with Gasteiger partial charge in [0.05, 0.1) is 22.0 Å². The Kier molecular flexibility index (Phi) is 10.5. The molecule has 0 heterocycles. The molecule has 2 amide bonds. The van der Waals surface area contributed by atoms with Crippen molar-refractivity contribution >= 4 is 50.7 Å². The number of halogens is 2. The number of nitrogens with zero attached hydrogens (tertiary/aromatic N) is 2. The maximum atomic E-state index is 13.9. The zero-order valence-corrected chi connectivity index (χ0v) is 24.8. The van der Waals surface area contributed by atoms with Gasteiger partial charge < -0.3 is 10.2 Å². The summed E-state index contributed by atoms with van der Waals surface area (Å²) >= 11 is 12.3. The minimum Gasteiger partial charge on any atom is -0.352 e. The Balaban J connectivity index is 1.96. The third-order valence-corrected chi connectivity index (χ3v) is 8.85. The maximum absolute atomic E-state index is 13.9. The Morgan fingerprint density at radius 1 is 1.03 bits per heavy atom. The number of carbonyl (C=O) groups excluding carboxylic acids is 2. The van der Waals surface area contributed by atoms with Gasteiger partial charge in [0, 0.05) is 12.6 Å². The molecule has 1 N–H and O–H groups in total. The van der Waals surface area contributed by atoms with E-state index in [9.17, 15) is 18.0 Å². The highest BCUT2D eigenvalue weighted by atomic mass is 35.5. The molecule has 0 radical (unpaired) electrons. The smallest absolute Gasteiger partial charge is 0.244 e. The van der Waals surface area contributed by atoms with Crippen LogP contribution >= 0.6 is 23.2 Å². The van der Waals surface area contributed by atoms with E-state index < -0.39 is 28.5 Å². The fraction of sp³-hybridized carbons (Fsp3) is 0.500. The Morgan fingerprint density at radius 2 is 1.71 bits per heavy atom. The molecule has 1 fully saturated rings. The quantitative estimate of drug-likeness (QED) is 0.393. The molecule has 10 heteroatoms. The first-order valence-corrected chi connectivity index (χ1v) is 15.6. The lowest BCUT2D eigenvalue weighted by molar-refractivity contribution is -0.140. The largest absolute Gasteiger partial charge is 0.352 e. The molecule has 0 bridgehead atoms. The molecular weight excluding hydrogens is 545 g/mol. The molecule has 0 saturated heterocycles. The Morgan fingerprint density at radius 3 is 2.32 bits per heavy atom. The summed E-state index contributed by atoms with van der Waals surface area (Å²) in [5.41, 5.74) is 2.73. The molecule has 208 valence electrons. The van der Waals surface area contributed by atoms with E-state index in [1.807, 2.05) is 26.0 Å². The van der Waals surface area contributed by atoms with Crippen molar-refractivity contribution in [2.75, 3.05) is 17.1 Å². The standard InChI is InChI=1S/C28H37Cl2N3O4S/c1-5-25(28(35)31-22-9-7-6-8-10-22)32(17-21-13-14-23(29)24(30)16-21)27(34)18-33(38(4,36)37)26-15-19(2)11-12-20(26)3/h11-16,22,25H,5-10,17-18H2,1-4H3,(H,31,35). The Hall–Kier alpha value is -2.29. The first-order valence-electron chi connectivity index (χ1n) is 13.0. The SMILES string of the molecule is CCC(C(=O)NC1CCCCC1)N(Cc1ccc(Cl)c(Cl)c1)C(=O)CN(c1cc(C)ccc1C)S(C)(=O)=O. The van der Waals surface area contributed by atoms with Crippen molar-refractivity contribution in [1.82, 2.24) is 10.2 Å². The number of sulfonamides is 1. The predicted molar refractivity (Wildman–Crippen MR) is 154 cm³/mol. The molecule has 1 atom stereocenters. The first-order chi connectivity index (χ1) is 17.9. The summed E-state index contributed by atoms with van der Waals surface area (Å²) in [6, 6.07) is 9.82. The van der Waals surface area contributed by atoms with Crippen LogP contribution in [0.5, 0.6) is 0 Å². The number of hydrogen-bond donors (Lipinski definition) is 1. The molecule has 0 spiro atoms. The van der Waals surface area contributed by atoms with E-state index in [1.165, 1.54) is 4.90 Å². The third kappa shape index (κ3) is 7.87. The molecule has 0 aliphatic heterocycles. The van der Waals surface area contributed by atoms with Crippen molar-refractivity contribution in [3.05, 3.63) is 63.1 Å². The van der Waals surface area contributed by atoms with E-state index in [4.69, 9.17) is 23.2 Å². The van der Waals surface area contributed by atoms with Crippen LogP contribution in [0.25, 0.3) is 0 Å². The van der Waals surface area contributed by atoms with Crippen molar-refractivity contribution in [2.45, 2.75) is 77.9 Å². The van der Waals surface area contributed by atoms with Crippen molar-refractivity contribution in [2.24, 2.45) is 0 Å². The van der Waals surface area contributed by atoms with E-state index >= 15 is 0 Å². The van der Waals surface area contributed by atoms with E-state index in [0.717, 1.165) is 53.8 Å². The Bertz CT molecular complexity index is 1260. The molecule has 1 aliphatic rings. The zero-order valence-electron chi connectivity index (χ0n) is 22.5. The summed E-state index contributed by atoms with van der Waals surface area (Å²) in [7, 11) is -3.80. The van der Waals surface area contributed by atoms with Crippen LogP contribution in [0, 0.1) is 13.8 Å². The second-order valence-corrected chi connectivity index (χ2v) is 12.8. The highest BCUT2D eigenvalue weighted by Gasteiger charge is 2.33. The second kappa shape index (κ2) is 13.2. The first kappa shape index (κ1) is 30.3. The van der Waals surface area contributed by atoms with Crippen LogP contribution in [-0.2, 0) is 26.2 Å². The van der Waals surface area contributed by atoms with Crippen LogP contribution < -0.4 is 9.62 Å². The molecular formula is C28H37Cl2N3O4S. The van der Waals surface area contributed by atoms with Crippen LogP contribution in [0.15, 0.2) is 36.4 Å². The highest BCUT2D eigenvalue weighted by Crippen LogP contribution is 2.27. The van der Waals surface area contributed by atoms with Crippen LogP contribution in [-0.4, -0.2) is 50.0 Å². The molecule has 1 unspecified atom stereocenters. The fourth-order valence-electron chi connectivity index (χ4n) is 4.88. The summed E-state index contributed by atoms with van der Waals surface area (Å²) in [5.74, 6) is -0.710. The number of benzene rings is 2. The minimum atomic E-state index is -3.80. The number of rotatable bonds is 10. The molecule has 7 nitrogen and oxygen atoms in total. The van der Waals surface area contributed by atoms with Crippen molar-refractivity contribution < 1.29 is 18.0 Å². The summed E-state index contributed by atoms with van der Waals surface area (Å²) in [6.45, 7) is 5.16. The number of nitrogens with one attached hydrogen (secondary N) is 1. The van der Waals surface area contributed by atoms with Gasteiger partial charge in [-0.3, -0.25) is 13.9 Å². The van der Waals surface area contributed by atoms with Crippen LogP contribution in [0.1, 0.15) is 62.1 Å². The molecule has 2 aromatic rings. The van der Waals surface area contributed by atoms with Gasteiger partial charge in [0.15, 0.2) is 0 Å². The van der Waals surface area contributed by atoms with Crippen molar-refractivity contribution in [3.63, 3.8) is 0 Å². The van der Waals surface area contributed by atoms with Gasteiger partial charge in [-0.2, -0.15) is 0 Å². The number of anilines is 1. The average Bonchev–Trinajstić information content (AvgIpc) is 2.86. The summed E-state index contributed by atoms with van der Waals surface area (Å²) in [6.07, 6.45) is 6.56. The van der Waals surface area contributed by atoms with Crippen molar-refractivity contribution in [1.29, 1.82) is 0 Å². The minimum absolute atomic E-state index is 0.0784. The molecule has 2 aromatic carbocycles. The van der Waals surface area contributed by atoms with Gasteiger partial charge in [0.2, 0.25) is 21.8 Å². The number of aryl methyl sites for hydroxylation is 2. The average molecular weight is 583 g/mol. The van der Waals surface area contributed by atoms with Gasteiger partial charge in [0.1, 0.15) is 12.6 Å². The van der Waals surface area contributed by atoms with Crippen molar-refractivity contribution in [3.8, 4) is 0 Å². The molecule has 1 aliphatic carbocycles. The summed E-state index contributed by atoms with van der Waals surface area (Å²) < 4.78 is 26.9. The molecule has 38 heavy (non-hydrogen) atoms. The van der Waals surface area contributed by atoms with E-state index in [-0.39, 0.29) is 18.5 Å². The van der Waals surface area contributed by atoms with Gasteiger partial charge >= 0.3 is 0 Å². The maximum Gasteiger partial charge on any atom is 0.244 e. The lowest BCUT2D eigenvalue weighted by atomic mass is 9.95. The van der Waals surface area contributed by atoms with E-state index in [2.05, 4.69) is 5.32 Å². The number of hydrogen-bond acceptors (Lipinski definition) is 4. The lowest BCUT2D eigenvalue weighted by Gasteiger charge is -2.34. The van der Waals surface area contributed by atoms with Crippen LogP contribution in [0.4, 0.5) is 5.69 Å². The third-order valence-electron chi connectivity index (χ3n) is 6.99.